The smallest absolute Gasteiger partial charge is 0.199 e. The highest BCUT2D eigenvalue weighted by Gasteiger charge is 2.09. The molecule has 0 aromatic heterocycles. The highest BCUT2D eigenvalue weighted by Crippen LogP contribution is 2.11. The standard InChI is InChI=1S/C20H26N4O/c21-20(23-24(22)18-14-8-4-9-15-18)19(25)16-10-2-1-5-11-17-12-6-3-7-13-17/h3-4,6-9,12-15H,1-2,5,10-11,16,22H2,(H2,21,23). The van der Waals surface area contributed by atoms with Crippen LogP contribution in [0.5, 0.6) is 0 Å². The Hall–Kier alpha value is -2.66. The SMILES string of the molecule is N/C(=N\N(N)c1ccccc1)C(=O)CCCCCCc1ccccc1. The topological polar surface area (TPSA) is 84.7 Å². The van der Waals surface area contributed by atoms with Gasteiger partial charge in [-0.05, 0) is 37.0 Å². The molecule has 5 heteroatoms. The first-order valence-corrected chi connectivity index (χ1v) is 8.68. The van der Waals surface area contributed by atoms with Crippen LogP contribution in [0.3, 0.4) is 0 Å². The molecule has 0 aliphatic heterocycles. The van der Waals surface area contributed by atoms with Crippen molar-refractivity contribution in [3.63, 3.8) is 0 Å². The molecule has 0 amide bonds. The molecule has 0 spiro atoms. The molecule has 132 valence electrons. The van der Waals surface area contributed by atoms with Crippen molar-refractivity contribution >= 4 is 17.3 Å². The Bertz CT molecular complexity index is 671. The van der Waals surface area contributed by atoms with Gasteiger partial charge in [-0.1, -0.05) is 61.4 Å². The number of carbonyl (C=O) groups excluding carboxylic acids is 1. The Balaban J connectivity index is 1.65. The number of hydrazone groups is 1. The summed E-state index contributed by atoms with van der Waals surface area (Å²) >= 11 is 0. The molecule has 2 aromatic rings. The molecule has 0 saturated carbocycles. The van der Waals surface area contributed by atoms with Gasteiger partial charge in [0.25, 0.3) is 0 Å². The average molecular weight is 338 g/mol. The van der Waals surface area contributed by atoms with Crippen LogP contribution in [0.15, 0.2) is 65.8 Å². The summed E-state index contributed by atoms with van der Waals surface area (Å²) in [6.45, 7) is 0. The molecule has 0 aliphatic carbocycles. The Kier molecular flexibility index (Phi) is 7.66. The summed E-state index contributed by atoms with van der Waals surface area (Å²) in [6, 6.07) is 19.6. The number of hydrazine groups is 1. The zero-order valence-corrected chi connectivity index (χ0v) is 14.5. The van der Waals surface area contributed by atoms with E-state index in [0.29, 0.717) is 12.1 Å². The lowest BCUT2D eigenvalue weighted by molar-refractivity contribution is -0.113. The highest BCUT2D eigenvalue weighted by atomic mass is 16.1. The Morgan fingerprint density at radius 2 is 1.48 bits per heavy atom. The second-order valence-corrected chi connectivity index (χ2v) is 5.99. The van der Waals surface area contributed by atoms with Gasteiger partial charge >= 0.3 is 0 Å². The summed E-state index contributed by atoms with van der Waals surface area (Å²) in [7, 11) is 0. The predicted octanol–water partition coefficient (Wildman–Crippen LogP) is 3.40. The minimum absolute atomic E-state index is 0.0457. The predicted molar refractivity (Wildman–Crippen MR) is 103 cm³/mol. The van der Waals surface area contributed by atoms with Crippen molar-refractivity contribution in [3.05, 3.63) is 66.2 Å². The number of anilines is 1. The third-order valence-electron chi connectivity index (χ3n) is 3.98. The van der Waals surface area contributed by atoms with Gasteiger partial charge in [-0.2, -0.15) is 5.12 Å². The molecule has 2 rings (SSSR count). The molecule has 0 bridgehead atoms. The normalized spacial score (nSPS) is 11.3. The van der Waals surface area contributed by atoms with E-state index in [4.69, 9.17) is 11.6 Å². The number of hydrogen-bond donors (Lipinski definition) is 2. The zero-order valence-electron chi connectivity index (χ0n) is 14.5. The van der Waals surface area contributed by atoms with Gasteiger partial charge in [0.05, 0.1) is 5.69 Å². The fraction of sp³-hybridized carbons (Fsp3) is 0.300. The van der Waals surface area contributed by atoms with Gasteiger partial charge in [-0.3, -0.25) is 4.79 Å². The fourth-order valence-electron chi connectivity index (χ4n) is 2.55. The number of benzene rings is 2. The maximum absolute atomic E-state index is 12.0. The molecule has 0 heterocycles. The first kappa shape index (κ1) is 18.7. The van der Waals surface area contributed by atoms with Gasteiger partial charge in [-0.25, -0.2) is 5.84 Å². The molecule has 2 aromatic carbocycles. The Labute approximate surface area is 149 Å². The quantitative estimate of drug-likeness (QED) is 0.229. The summed E-state index contributed by atoms with van der Waals surface area (Å²) in [4.78, 5) is 12.0. The lowest BCUT2D eigenvalue weighted by Gasteiger charge is -2.12. The van der Waals surface area contributed by atoms with E-state index in [1.165, 1.54) is 5.56 Å². The van der Waals surface area contributed by atoms with Crippen LogP contribution in [-0.2, 0) is 11.2 Å². The van der Waals surface area contributed by atoms with E-state index in [2.05, 4.69) is 29.4 Å². The minimum atomic E-state index is -0.158. The molecule has 25 heavy (non-hydrogen) atoms. The van der Waals surface area contributed by atoms with Gasteiger partial charge in [0, 0.05) is 6.42 Å². The molecule has 0 aliphatic rings. The van der Waals surface area contributed by atoms with Crippen LogP contribution in [0.1, 0.15) is 37.7 Å². The number of amidine groups is 1. The van der Waals surface area contributed by atoms with Crippen LogP contribution in [-0.4, -0.2) is 11.6 Å². The van der Waals surface area contributed by atoms with Crippen molar-refractivity contribution < 1.29 is 4.79 Å². The molecule has 0 saturated heterocycles. The number of unbranched alkanes of at least 4 members (excludes halogenated alkanes) is 3. The summed E-state index contributed by atoms with van der Waals surface area (Å²) in [5.74, 6) is 5.59. The number of carbonyl (C=O) groups is 1. The van der Waals surface area contributed by atoms with Crippen LogP contribution >= 0.6 is 0 Å². The molecule has 5 nitrogen and oxygen atoms in total. The van der Waals surface area contributed by atoms with Crippen molar-refractivity contribution in [2.24, 2.45) is 16.7 Å². The first-order chi connectivity index (χ1) is 12.2. The number of aryl methyl sites for hydroxylation is 1. The lowest BCUT2D eigenvalue weighted by Crippen LogP contribution is -2.32. The van der Waals surface area contributed by atoms with Crippen LogP contribution < -0.4 is 16.7 Å². The third-order valence-corrected chi connectivity index (χ3v) is 3.98. The van der Waals surface area contributed by atoms with Crippen molar-refractivity contribution in [1.29, 1.82) is 0 Å². The lowest BCUT2D eigenvalue weighted by atomic mass is 10.0. The van der Waals surface area contributed by atoms with Gasteiger partial charge in [0.15, 0.2) is 11.6 Å². The fourth-order valence-corrected chi connectivity index (χ4v) is 2.55. The number of nitrogens with two attached hydrogens (primary N) is 2. The molecule has 0 unspecified atom stereocenters. The largest absolute Gasteiger partial charge is 0.379 e. The third kappa shape index (κ3) is 6.77. The van der Waals surface area contributed by atoms with Crippen molar-refractivity contribution in [2.75, 3.05) is 5.12 Å². The number of rotatable bonds is 10. The monoisotopic (exact) mass is 338 g/mol. The number of nitrogens with zero attached hydrogens (tertiary/aromatic N) is 2. The number of ketones is 1. The van der Waals surface area contributed by atoms with E-state index < -0.39 is 0 Å². The second-order valence-electron chi connectivity index (χ2n) is 5.99. The highest BCUT2D eigenvalue weighted by molar-refractivity contribution is 6.38. The average Bonchev–Trinajstić information content (AvgIpc) is 2.65. The van der Waals surface area contributed by atoms with Crippen molar-refractivity contribution in [1.82, 2.24) is 0 Å². The Morgan fingerprint density at radius 1 is 0.880 bits per heavy atom. The van der Waals surface area contributed by atoms with E-state index in [-0.39, 0.29) is 11.6 Å². The summed E-state index contributed by atoms with van der Waals surface area (Å²) in [5, 5.41) is 5.09. The molecule has 0 atom stereocenters. The number of hydrogen-bond acceptors (Lipinski definition) is 4. The van der Waals surface area contributed by atoms with E-state index in [0.717, 1.165) is 37.2 Å². The van der Waals surface area contributed by atoms with E-state index in [1.807, 2.05) is 24.3 Å². The van der Waals surface area contributed by atoms with Gasteiger partial charge in [0.1, 0.15) is 0 Å². The summed E-state index contributed by atoms with van der Waals surface area (Å²) in [5.41, 5.74) is 7.79. The van der Waals surface area contributed by atoms with E-state index in [9.17, 15) is 4.79 Å². The van der Waals surface area contributed by atoms with Crippen LogP contribution in [0.25, 0.3) is 0 Å². The molecular formula is C20H26N4O. The molecular weight excluding hydrogens is 312 g/mol. The minimum Gasteiger partial charge on any atom is -0.379 e. The van der Waals surface area contributed by atoms with E-state index >= 15 is 0 Å². The first-order valence-electron chi connectivity index (χ1n) is 8.68. The van der Waals surface area contributed by atoms with Gasteiger partial charge in [-0.15, -0.1) is 5.10 Å². The molecule has 4 N–H and O–H groups in total. The van der Waals surface area contributed by atoms with Crippen LogP contribution in [0, 0.1) is 0 Å². The van der Waals surface area contributed by atoms with Crippen LogP contribution in [0.2, 0.25) is 0 Å². The summed E-state index contributed by atoms with van der Waals surface area (Å²) < 4.78 is 0. The second kappa shape index (κ2) is 10.3. The van der Waals surface area contributed by atoms with Gasteiger partial charge < -0.3 is 5.73 Å². The summed E-state index contributed by atoms with van der Waals surface area (Å²) in [6.07, 6.45) is 5.55. The number of para-hydroxylation sites is 1. The zero-order chi connectivity index (χ0) is 17.9. The van der Waals surface area contributed by atoms with Crippen molar-refractivity contribution in [2.45, 2.75) is 38.5 Å². The molecule has 0 fully saturated rings. The number of Topliss-reactive ketones (excluding diaryl/α,β-unsaturated/α-hetero) is 1. The molecule has 0 radical (unpaired) electrons. The maximum Gasteiger partial charge on any atom is 0.199 e. The van der Waals surface area contributed by atoms with Crippen molar-refractivity contribution in [3.8, 4) is 0 Å². The maximum atomic E-state index is 12.0. The van der Waals surface area contributed by atoms with Crippen LogP contribution in [0.4, 0.5) is 5.69 Å². The van der Waals surface area contributed by atoms with Gasteiger partial charge in [0.2, 0.25) is 0 Å². The van der Waals surface area contributed by atoms with E-state index in [1.54, 1.807) is 12.1 Å². The Morgan fingerprint density at radius 3 is 2.16 bits per heavy atom.